The Balaban J connectivity index is 2.01. The molecule has 2 amide bonds. The van der Waals surface area contributed by atoms with Gasteiger partial charge in [0.05, 0.1) is 18.8 Å². The third-order valence-electron chi connectivity index (χ3n) is 4.57. The maximum Gasteiger partial charge on any atom is 0.343 e. The number of esters is 1. The van der Waals surface area contributed by atoms with E-state index in [1.807, 2.05) is 45.0 Å². The van der Waals surface area contributed by atoms with Crippen LogP contribution in [0.4, 0.5) is 0 Å². The molecule has 1 aromatic carbocycles. The summed E-state index contributed by atoms with van der Waals surface area (Å²) in [5, 5.41) is 7.21. The van der Waals surface area contributed by atoms with Crippen LogP contribution in [-0.2, 0) is 20.9 Å². The third-order valence-corrected chi connectivity index (χ3v) is 4.95. The van der Waals surface area contributed by atoms with Gasteiger partial charge in [0, 0.05) is 12.6 Å². The molecule has 8 nitrogen and oxygen atoms in total. The first-order valence-corrected chi connectivity index (χ1v) is 10.5. The Hall–Kier alpha value is -2.87. The molecule has 0 atom stereocenters. The number of likely N-dealkylation sites (N-methyl/N-ethyl adjacent to an activating group) is 1. The van der Waals surface area contributed by atoms with E-state index < -0.39 is 18.5 Å². The highest BCUT2D eigenvalue weighted by atomic mass is 35.5. The van der Waals surface area contributed by atoms with Crippen molar-refractivity contribution >= 4 is 29.4 Å². The minimum atomic E-state index is -0.728. The summed E-state index contributed by atoms with van der Waals surface area (Å²) in [4.78, 5) is 38.2. The van der Waals surface area contributed by atoms with Crippen molar-refractivity contribution in [3.8, 4) is 0 Å². The molecule has 0 radical (unpaired) electrons. The molecule has 168 valence electrons. The maximum atomic E-state index is 12.6. The van der Waals surface area contributed by atoms with E-state index in [0.29, 0.717) is 18.8 Å². The number of nitrogens with zero attached hydrogens (tertiary/aromatic N) is 3. The summed E-state index contributed by atoms with van der Waals surface area (Å²) in [5.74, 6) is -1.46. The SMILES string of the molecule is CCN(CC(=O)NC(C)C)C(=O)COC(=O)c1c(C)nn(Cc2ccc(C)cc2)c1Cl. The van der Waals surface area contributed by atoms with Crippen molar-refractivity contribution < 1.29 is 19.1 Å². The fraction of sp³-hybridized carbons (Fsp3) is 0.455. The van der Waals surface area contributed by atoms with Crippen LogP contribution in [0.3, 0.4) is 0 Å². The highest BCUT2D eigenvalue weighted by molar-refractivity contribution is 6.32. The Kier molecular flexibility index (Phi) is 8.62. The zero-order valence-corrected chi connectivity index (χ0v) is 19.3. The van der Waals surface area contributed by atoms with Crippen LogP contribution >= 0.6 is 11.6 Å². The average Bonchev–Trinajstić information content (AvgIpc) is 2.98. The first kappa shape index (κ1) is 24.4. The molecule has 0 saturated carbocycles. The summed E-state index contributed by atoms with van der Waals surface area (Å²) in [7, 11) is 0. The van der Waals surface area contributed by atoms with Gasteiger partial charge < -0.3 is 15.0 Å². The van der Waals surface area contributed by atoms with Gasteiger partial charge in [-0.25, -0.2) is 9.48 Å². The molecule has 0 fully saturated rings. The molecule has 0 bridgehead atoms. The second kappa shape index (κ2) is 10.9. The molecule has 0 spiro atoms. The van der Waals surface area contributed by atoms with E-state index in [0.717, 1.165) is 11.1 Å². The largest absolute Gasteiger partial charge is 0.452 e. The molecule has 9 heteroatoms. The van der Waals surface area contributed by atoms with E-state index in [9.17, 15) is 14.4 Å². The van der Waals surface area contributed by atoms with Crippen molar-refractivity contribution in [1.82, 2.24) is 20.0 Å². The van der Waals surface area contributed by atoms with Crippen molar-refractivity contribution in [3.63, 3.8) is 0 Å². The van der Waals surface area contributed by atoms with E-state index in [1.165, 1.54) is 9.58 Å². The van der Waals surface area contributed by atoms with Gasteiger partial charge in [-0.05, 0) is 40.2 Å². The van der Waals surface area contributed by atoms with Gasteiger partial charge in [0.1, 0.15) is 10.7 Å². The fourth-order valence-electron chi connectivity index (χ4n) is 2.96. The smallest absolute Gasteiger partial charge is 0.343 e. The van der Waals surface area contributed by atoms with E-state index in [1.54, 1.807) is 13.8 Å². The lowest BCUT2D eigenvalue weighted by atomic mass is 10.1. The molecule has 0 saturated heterocycles. The molecule has 0 aliphatic heterocycles. The van der Waals surface area contributed by atoms with Crippen LogP contribution in [0.15, 0.2) is 24.3 Å². The Morgan fingerprint density at radius 2 is 1.84 bits per heavy atom. The monoisotopic (exact) mass is 448 g/mol. The summed E-state index contributed by atoms with van der Waals surface area (Å²) in [5.41, 5.74) is 2.67. The number of carbonyl (C=O) groups excluding carboxylic acids is 3. The average molecular weight is 449 g/mol. The second-order valence-electron chi connectivity index (χ2n) is 7.60. The minimum absolute atomic E-state index is 0.0271. The number of benzene rings is 1. The number of nitrogens with one attached hydrogen (secondary N) is 1. The standard InChI is InChI=1S/C22H29ClN4O4/c1-6-26(12-18(28)24-14(2)3)19(29)13-31-22(30)20-16(5)25-27(21(20)23)11-17-9-7-15(4)8-10-17/h7-10,14H,6,11-13H2,1-5H3,(H,24,28). The van der Waals surface area contributed by atoms with Crippen LogP contribution < -0.4 is 5.32 Å². The summed E-state index contributed by atoms with van der Waals surface area (Å²) in [6, 6.07) is 7.88. The molecule has 0 aliphatic carbocycles. The quantitative estimate of drug-likeness (QED) is 0.595. The highest BCUT2D eigenvalue weighted by Crippen LogP contribution is 2.22. The molecule has 1 N–H and O–H groups in total. The van der Waals surface area contributed by atoms with E-state index in [2.05, 4.69) is 10.4 Å². The number of amides is 2. The van der Waals surface area contributed by atoms with Crippen molar-refractivity contribution in [1.29, 1.82) is 0 Å². The van der Waals surface area contributed by atoms with Gasteiger partial charge in [-0.1, -0.05) is 41.4 Å². The number of aromatic nitrogens is 2. The van der Waals surface area contributed by atoms with Crippen LogP contribution in [0.25, 0.3) is 0 Å². The van der Waals surface area contributed by atoms with Gasteiger partial charge in [-0.15, -0.1) is 0 Å². The lowest BCUT2D eigenvalue weighted by Gasteiger charge is -2.21. The lowest BCUT2D eigenvalue weighted by molar-refractivity contribution is -0.138. The molecule has 1 heterocycles. The van der Waals surface area contributed by atoms with Crippen molar-refractivity contribution in [2.75, 3.05) is 19.7 Å². The molecule has 2 rings (SSSR count). The van der Waals surface area contributed by atoms with Gasteiger partial charge in [0.25, 0.3) is 5.91 Å². The molecule has 1 aromatic heterocycles. The van der Waals surface area contributed by atoms with E-state index in [4.69, 9.17) is 16.3 Å². The second-order valence-corrected chi connectivity index (χ2v) is 7.96. The van der Waals surface area contributed by atoms with Crippen LogP contribution in [0, 0.1) is 13.8 Å². The zero-order valence-electron chi connectivity index (χ0n) is 18.6. The molecule has 0 unspecified atom stereocenters. The molecule has 0 aliphatic rings. The summed E-state index contributed by atoms with van der Waals surface area (Å²) in [6.45, 7) is 9.21. The Labute approximate surface area is 187 Å². The Bertz CT molecular complexity index is 938. The summed E-state index contributed by atoms with van der Waals surface area (Å²) >= 11 is 6.38. The minimum Gasteiger partial charge on any atom is -0.452 e. The van der Waals surface area contributed by atoms with E-state index in [-0.39, 0.29) is 29.2 Å². The van der Waals surface area contributed by atoms with Gasteiger partial charge in [-0.2, -0.15) is 5.10 Å². The Morgan fingerprint density at radius 3 is 2.42 bits per heavy atom. The lowest BCUT2D eigenvalue weighted by Crippen LogP contribution is -2.44. The van der Waals surface area contributed by atoms with Gasteiger partial charge in [0.2, 0.25) is 5.91 Å². The zero-order chi connectivity index (χ0) is 23.1. The van der Waals surface area contributed by atoms with Crippen LogP contribution in [0.1, 0.15) is 48.0 Å². The molecule has 31 heavy (non-hydrogen) atoms. The van der Waals surface area contributed by atoms with E-state index >= 15 is 0 Å². The maximum absolute atomic E-state index is 12.6. The van der Waals surface area contributed by atoms with Crippen molar-refractivity contribution in [2.24, 2.45) is 0 Å². The number of hydrogen-bond acceptors (Lipinski definition) is 5. The highest BCUT2D eigenvalue weighted by Gasteiger charge is 2.24. The predicted octanol–water partition coefficient (Wildman–Crippen LogP) is 2.73. The first-order chi connectivity index (χ1) is 14.6. The number of hydrogen-bond donors (Lipinski definition) is 1. The number of ether oxygens (including phenoxy) is 1. The van der Waals surface area contributed by atoms with Gasteiger partial charge in [-0.3, -0.25) is 9.59 Å². The van der Waals surface area contributed by atoms with Crippen LogP contribution in [0.2, 0.25) is 5.15 Å². The van der Waals surface area contributed by atoms with Crippen LogP contribution in [0.5, 0.6) is 0 Å². The molecular weight excluding hydrogens is 420 g/mol. The predicted molar refractivity (Wildman–Crippen MR) is 118 cm³/mol. The first-order valence-electron chi connectivity index (χ1n) is 10.1. The fourth-order valence-corrected chi connectivity index (χ4v) is 3.28. The number of halogens is 1. The normalized spacial score (nSPS) is 10.8. The summed E-state index contributed by atoms with van der Waals surface area (Å²) < 4.78 is 6.70. The van der Waals surface area contributed by atoms with Gasteiger partial charge in [0.15, 0.2) is 6.61 Å². The number of rotatable bonds is 9. The number of aryl methyl sites for hydroxylation is 2. The van der Waals surface area contributed by atoms with Crippen molar-refractivity contribution in [3.05, 3.63) is 51.8 Å². The molecule has 2 aromatic rings. The third kappa shape index (κ3) is 6.82. The Morgan fingerprint density at radius 1 is 1.19 bits per heavy atom. The van der Waals surface area contributed by atoms with Crippen molar-refractivity contribution in [2.45, 2.75) is 47.2 Å². The van der Waals surface area contributed by atoms with Crippen LogP contribution in [-0.4, -0.2) is 58.2 Å². The summed E-state index contributed by atoms with van der Waals surface area (Å²) in [6.07, 6.45) is 0. The topological polar surface area (TPSA) is 93.5 Å². The van der Waals surface area contributed by atoms with Gasteiger partial charge >= 0.3 is 5.97 Å². The molecular formula is C22H29ClN4O4. The number of carbonyl (C=O) groups is 3.